The van der Waals surface area contributed by atoms with E-state index in [1.165, 1.54) is 31.2 Å². The number of nitrogens with two attached hydrogens (primary N) is 1. The van der Waals surface area contributed by atoms with E-state index in [4.69, 9.17) is 16.9 Å². The molecular weight excluding hydrogens is 284 g/mol. The molecule has 0 aromatic heterocycles. The van der Waals surface area contributed by atoms with Gasteiger partial charge in [-0.05, 0) is 37.1 Å². The van der Waals surface area contributed by atoms with Crippen LogP contribution in [0.15, 0.2) is 24.3 Å². The van der Waals surface area contributed by atoms with Gasteiger partial charge >= 0.3 is 5.97 Å². The van der Waals surface area contributed by atoms with Gasteiger partial charge in [-0.1, -0.05) is 0 Å². The van der Waals surface area contributed by atoms with E-state index in [9.17, 15) is 14.4 Å². The Bertz CT molecular complexity index is 587. The minimum Gasteiger partial charge on any atom is -0.427 e. The Morgan fingerprint density at radius 1 is 1.32 bits per heavy atom. The monoisotopic (exact) mass is 302 g/mol. The molecule has 1 atom stereocenters. The number of nitrogens with one attached hydrogen (secondary N) is 1. The van der Waals surface area contributed by atoms with Gasteiger partial charge in [0.05, 0.1) is 0 Å². The molecule has 0 unspecified atom stereocenters. The summed E-state index contributed by atoms with van der Waals surface area (Å²) in [6, 6.07) is 5.20. The second-order valence-electron chi connectivity index (χ2n) is 4.64. The quantitative estimate of drug-likeness (QED) is 0.340. The van der Waals surface area contributed by atoms with Gasteiger partial charge in [0, 0.05) is 18.9 Å². The van der Waals surface area contributed by atoms with Crippen molar-refractivity contribution in [3.05, 3.63) is 29.8 Å². The maximum Gasteiger partial charge on any atom is 0.308 e. The van der Waals surface area contributed by atoms with Crippen LogP contribution in [0.25, 0.3) is 0 Å². The number of rotatable bonds is 7. The number of carbonyl (C=O) groups is 3. The fourth-order valence-electron chi connectivity index (χ4n) is 1.78. The van der Waals surface area contributed by atoms with E-state index in [0.29, 0.717) is 30.6 Å². The van der Waals surface area contributed by atoms with Crippen molar-refractivity contribution in [2.45, 2.75) is 32.2 Å². The van der Waals surface area contributed by atoms with Crippen LogP contribution in [0.2, 0.25) is 0 Å². The topological polar surface area (TPSA) is 98.5 Å². The predicted octanol–water partition coefficient (Wildman–Crippen LogP) is 0.999. The van der Waals surface area contributed by atoms with Crippen LogP contribution < -0.4 is 15.8 Å². The Hall–Kier alpha value is -2.81. The number of hydrogen-bond donors (Lipinski definition) is 2. The Morgan fingerprint density at radius 2 is 1.95 bits per heavy atom. The molecule has 1 aromatic rings. The van der Waals surface area contributed by atoms with Crippen molar-refractivity contribution in [2.24, 2.45) is 5.73 Å². The lowest BCUT2D eigenvalue weighted by atomic mass is 10.1. The van der Waals surface area contributed by atoms with Crippen LogP contribution in [-0.2, 0) is 9.59 Å². The summed E-state index contributed by atoms with van der Waals surface area (Å²) in [6.45, 7) is 1.29. The molecule has 0 radical (unpaired) electrons. The van der Waals surface area contributed by atoms with Gasteiger partial charge in [-0.25, -0.2) is 0 Å². The standard InChI is InChI=1S/C16H18N2O4/c1-3-4-5-6-14(15(17)20)18-16(21)12-7-9-13(10-8-12)22-11(2)19/h1,7-10,14H,4-6H2,2H3,(H2,17,20)(H,18,21)/t14-/m0/s1. The van der Waals surface area contributed by atoms with Crippen LogP contribution in [0.4, 0.5) is 0 Å². The molecule has 0 fully saturated rings. The number of primary amides is 1. The summed E-state index contributed by atoms with van der Waals surface area (Å²) >= 11 is 0. The molecule has 1 rings (SSSR count). The number of esters is 1. The number of carbonyl (C=O) groups excluding carboxylic acids is 3. The summed E-state index contributed by atoms with van der Waals surface area (Å²) in [7, 11) is 0. The molecule has 0 bridgehead atoms. The number of ether oxygens (including phenoxy) is 1. The second-order valence-corrected chi connectivity index (χ2v) is 4.64. The first-order valence-electron chi connectivity index (χ1n) is 6.76. The smallest absolute Gasteiger partial charge is 0.308 e. The molecule has 0 aliphatic carbocycles. The van der Waals surface area contributed by atoms with Crippen LogP contribution in [0.3, 0.4) is 0 Å². The Labute approximate surface area is 129 Å². The zero-order valence-electron chi connectivity index (χ0n) is 12.3. The number of unbranched alkanes of at least 4 members (excludes halogenated alkanes) is 1. The normalized spacial score (nSPS) is 11.1. The third kappa shape index (κ3) is 5.67. The van der Waals surface area contributed by atoms with Gasteiger partial charge in [0.25, 0.3) is 5.91 Å². The molecule has 0 aliphatic rings. The van der Waals surface area contributed by atoms with E-state index < -0.39 is 23.8 Å². The number of hydrogen-bond acceptors (Lipinski definition) is 4. The van der Waals surface area contributed by atoms with Gasteiger partial charge in [0.2, 0.25) is 5.91 Å². The van der Waals surface area contributed by atoms with Crippen LogP contribution >= 0.6 is 0 Å². The van der Waals surface area contributed by atoms with E-state index >= 15 is 0 Å². The largest absolute Gasteiger partial charge is 0.427 e. The molecule has 0 aliphatic heterocycles. The van der Waals surface area contributed by atoms with Gasteiger partial charge in [-0.3, -0.25) is 14.4 Å². The molecule has 0 saturated heterocycles. The van der Waals surface area contributed by atoms with Crippen LogP contribution in [-0.4, -0.2) is 23.8 Å². The van der Waals surface area contributed by atoms with Crippen LogP contribution in [0.1, 0.15) is 36.5 Å². The number of benzene rings is 1. The molecule has 6 heteroatoms. The van der Waals surface area contributed by atoms with Crippen molar-refractivity contribution in [3.8, 4) is 18.1 Å². The predicted molar refractivity (Wildman–Crippen MR) is 80.9 cm³/mol. The third-order valence-electron chi connectivity index (χ3n) is 2.84. The lowest BCUT2D eigenvalue weighted by Gasteiger charge is -2.15. The maximum absolute atomic E-state index is 12.1. The molecule has 3 N–H and O–H groups in total. The average Bonchev–Trinajstić information content (AvgIpc) is 2.46. The minimum absolute atomic E-state index is 0.333. The first-order chi connectivity index (χ1) is 10.4. The van der Waals surface area contributed by atoms with Gasteiger partial charge in [-0.2, -0.15) is 0 Å². The van der Waals surface area contributed by atoms with Crippen molar-refractivity contribution < 1.29 is 19.1 Å². The highest BCUT2D eigenvalue weighted by molar-refractivity contribution is 5.97. The Balaban J connectivity index is 2.67. The van der Waals surface area contributed by atoms with Crippen molar-refractivity contribution in [1.82, 2.24) is 5.32 Å². The van der Waals surface area contributed by atoms with Crippen molar-refractivity contribution in [1.29, 1.82) is 0 Å². The highest BCUT2D eigenvalue weighted by Crippen LogP contribution is 2.12. The number of terminal acetylenes is 1. The highest BCUT2D eigenvalue weighted by Gasteiger charge is 2.18. The minimum atomic E-state index is -0.769. The highest BCUT2D eigenvalue weighted by atomic mass is 16.5. The lowest BCUT2D eigenvalue weighted by molar-refractivity contribution is -0.131. The molecule has 1 aromatic carbocycles. The second kappa shape index (κ2) is 8.47. The maximum atomic E-state index is 12.1. The molecule has 2 amide bonds. The summed E-state index contributed by atoms with van der Waals surface area (Å²) in [5, 5.41) is 2.56. The molecule has 6 nitrogen and oxygen atoms in total. The van der Waals surface area contributed by atoms with E-state index in [0.717, 1.165) is 0 Å². The summed E-state index contributed by atoms with van der Waals surface area (Å²) < 4.78 is 4.87. The lowest BCUT2D eigenvalue weighted by Crippen LogP contribution is -2.44. The van der Waals surface area contributed by atoms with E-state index in [1.54, 1.807) is 0 Å². The summed E-state index contributed by atoms with van der Waals surface area (Å²) in [4.78, 5) is 34.2. The molecule has 22 heavy (non-hydrogen) atoms. The molecule has 0 saturated carbocycles. The molecule has 0 heterocycles. The van der Waals surface area contributed by atoms with Gasteiger partial charge in [0.15, 0.2) is 0 Å². The van der Waals surface area contributed by atoms with Crippen molar-refractivity contribution in [3.63, 3.8) is 0 Å². The molecule has 116 valence electrons. The van der Waals surface area contributed by atoms with Crippen LogP contribution in [0.5, 0.6) is 5.75 Å². The summed E-state index contributed by atoms with van der Waals surface area (Å²) in [5.41, 5.74) is 5.59. The van der Waals surface area contributed by atoms with Crippen LogP contribution in [0, 0.1) is 12.3 Å². The van der Waals surface area contributed by atoms with Gasteiger partial charge < -0.3 is 15.8 Å². The average molecular weight is 302 g/mol. The zero-order valence-corrected chi connectivity index (χ0v) is 12.3. The van der Waals surface area contributed by atoms with Gasteiger partial charge in [-0.15, -0.1) is 12.3 Å². The first kappa shape index (κ1) is 17.2. The van der Waals surface area contributed by atoms with Crippen molar-refractivity contribution in [2.75, 3.05) is 0 Å². The fourth-order valence-corrected chi connectivity index (χ4v) is 1.78. The third-order valence-corrected chi connectivity index (χ3v) is 2.84. The molecule has 0 spiro atoms. The van der Waals surface area contributed by atoms with E-state index in [2.05, 4.69) is 11.2 Å². The molecular formula is C16H18N2O4. The Morgan fingerprint density at radius 3 is 2.45 bits per heavy atom. The fraction of sp³-hybridized carbons (Fsp3) is 0.312. The Kier molecular flexibility index (Phi) is 6.64. The summed E-state index contributed by atoms with van der Waals surface area (Å²) in [5.74, 6) is 1.31. The van der Waals surface area contributed by atoms with E-state index in [1.807, 2.05) is 0 Å². The first-order valence-corrected chi connectivity index (χ1v) is 6.76. The van der Waals surface area contributed by atoms with Crippen molar-refractivity contribution >= 4 is 17.8 Å². The summed E-state index contributed by atoms with van der Waals surface area (Å²) in [6.07, 6.45) is 6.63. The van der Waals surface area contributed by atoms with Gasteiger partial charge in [0.1, 0.15) is 11.8 Å². The number of amides is 2. The van der Waals surface area contributed by atoms with E-state index in [-0.39, 0.29) is 0 Å². The SMILES string of the molecule is C#CCCC[C@H](NC(=O)c1ccc(OC(C)=O)cc1)C(N)=O. The zero-order chi connectivity index (χ0) is 16.5.